The third-order valence-electron chi connectivity index (χ3n) is 15.6. The molecule has 0 atom stereocenters. The minimum absolute atomic E-state index is 0.157. The van der Waals surface area contributed by atoms with Crippen molar-refractivity contribution in [1.29, 1.82) is 0 Å². The van der Waals surface area contributed by atoms with Crippen LogP contribution in [0.2, 0.25) is 0 Å². The highest BCUT2D eigenvalue weighted by atomic mass is 15.1. The SMILES string of the molecule is [2H]c1c([2H])c([2H])c(-c2ccc(N(c3ccc(-c4ccc5c(c4)c4cc(C6(c7ccccc7)c7ccccc7-c7ccccc76)ccc4n5-c4ccccc4)cc3)c3ccc4c(c3)-c3ccccc3C4(C)C)cc2)c([2H])c1[2H]. The van der Waals surface area contributed by atoms with Crippen LogP contribution in [0.25, 0.3) is 72.0 Å². The lowest BCUT2D eigenvalue weighted by molar-refractivity contribution is 0.660. The minimum Gasteiger partial charge on any atom is -0.310 e. The van der Waals surface area contributed by atoms with E-state index >= 15 is 0 Å². The van der Waals surface area contributed by atoms with E-state index in [1.807, 2.05) is 24.3 Å². The van der Waals surface area contributed by atoms with Gasteiger partial charge in [0.15, 0.2) is 0 Å². The maximum atomic E-state index is 8.71. The van der Waals surface area contributed by atoms with Crippen LogP contribution in [0.1, 0.15) is 54.1 Å². The van der Waals surface area contributed by atoms with Gasteiger partial charge in [0.2, 0.25) is 0 Å². The topological polar surface area (TPSA) is 8.17 Å². The fourth-order valence-electron chi connectivity index (χ4n) is 12.3. The molecule has 2 heteroatoms. The van der Waals surface area contributed by atoms with E-state index in [4.69, 9.17) is 6.85 Å². The molecular weight excluding hydrogens is 869 g/mol. The Hall–Kier alpha value is -8.98. The highest BCUT2D eigenvalue weighted by Crippen LogP contribution is 2.57. The molecular formula is C70H50N2. The largest absolute Gasteiger partial charge is 0.310 e. The third kappa shape index (κ3) is 6.28. The van der Waals surface area contributed by atoms with Crippen LogP contribution in [0.5, 0.6) is 0 Å². The van der Waals surface area contributed by atoms with E-state index in [1.165, 1.54) is 61.0 Å². The van der Waals surface area contributed by atoms with Gasteiger partial charge >= 0.3 is 0 Å². The van der Waals surface area contributed by atoms with Gasteiger partial charge in [-0.05, 0) is 151 Å². The number of hydrogen-bond acceptors (Lipinski definition) is 1. The van der Waals surface area contributed by atoms with E-state index in [-0.39, 0.29) is 35.1 Å². The summed E-state index contributed by atoms with van der Waals surface area (Å²) in [6.45, 7) is 4.58. The molecule has 0 radical (unpaired) electrons. The molecule has 2 aliphatic rings. The van der Waals surface area contributed by atoms with Gasteiger partial charge in [-0.25, -0.2) is 0 Å². The molecule has 0 spiro atoms. The number of hydrogen-bond donors (Lipinski definition) is 0. The van der Waals surface area contributed by atoms with Gasteiger partial charge in [0, 0.05) is 38.9 Å². The van der Waals surface area contributed by atoms with Crippen LogP contribution in [0.15, 0.2) is 267 Å². The van der Waals surface area contributed by atoms with Crippen molar-refractivity contribution in [2.75, 3.05) is 4.90 Å². The summed E-state index contributed by atoms with van der Waals surface area (Å²) in [4.78, 5) is 2.24. The summed E-state index contributed by atoms with van der Waals surface area (Å²) in [6, 6.07) is 83.7. The number of benzene rings is 11. The molecule has 14 rings (SSSR count). The lowest BCUT2D eigenvalue weighted by Crippen LogP contribution is -2.28. The first kappa shape index (κ1) is 36.9. The number of rotatable bonds is 8. The predicted molar refractivity (Wildman–Crippen MR) is 301 cm³/mol. The summed E-state index contributed by atoms with van der Waals surface area (Å²) in [5.41, 5.74) is 20.9. The first-order chi connectivity index (χ1) is 37.5. The number of anilines is 3. The fraction of sp³-hybridized carbons (Fsp3) is 0.0571. The first-order valence-corrected chi connectivity index (χ1v) is 24.8. The standard InChI is InChI=1S/C70H50N2/c1-69(2)63-27-15-12-26-59(63)60-46-56(40-41-64(60)69)71(54-36-30-48(31-37-54)47-18-6-3-7-19-47)55-38-32-49(33-39-55)50-34-42-67-61(44-50)62-45-52(35-43-68(62)72(67)53-22-10-5-11-23-53)70(51-20-8-4-9-21-51)65-28-16-13-24-57(65)58-25-14-17-29-66(58)70/h3-46H,1-2H3/i3D,6D,7D,18D,19D. The molecule has 11 aromatic carbocycles. The van der Waals surface area contributed by atoms with Crippen molar-refractivity contribution in [3.63, 3.8) is 0 Å². The quantitative estimate of drug-likeness (QED) is 0.147. The number of para-hydroxylation sites is 1. The van der Waals surface area contributed by atoms with Crippen LogP contribution >= 0.6 is 0 Å². The van der Waals surface area contributed by atoms with Crippen LogP contribution in [0, 0.1) is 0 Å². The van der Waals surface area contributed by atoms with Crippen molar-refractivity contribution in [1.82, 2.24) is 4.57 Å². The zero-order valence-corrected chi connectivity index (χ0v) is 39.9. The average molecular weight is 924 g/mol. The Kier molecular flexibility index (Phi) is 8.36. The highest BCUT2D eigenvalue weighted by Gasteiger charge is 2.46. The molecule has 0 unspecified atom stereocenters. The van der Waals surface area contributed by atoms with E-state index in [0.29, 0.717) is 5.56 Å². The predicted octanol–water partition coefficient (Wildman–Crippen LogP) is 18.3. The molecule has 1 aromatic heterocycles. The summed E-state index contributed by atoms with van der Waals surface area (Å²) in [7, 11) is 0. The number of nitrogens with zero attached hydrogens (tertiary/aromatic N) is 2. The molecule has 0 fully saturated rings. The Morgan fingerprint density at radius 1 is 0.361 bits per heavy atom. The molecule has 0 aliphatic heterocycles. The molecule has 1 heterocycles. The Morgan fingerprint density at radius 2 is 0.847 bits per heavy atom. The second-order valence-corrected chi connectivity index (χ2v) is 19.7. The van der Waals surface area contributed by atoms with Gasteiger partial charge in [0.1, 0.15) is 0 Å². The number of fused-ring (bicyclic) bond motifs is 9. The van der Waals surface area contributed by atoms with Gasteiger partial charge < -0.3 is 9.47 Å². The summed E-state index contributed by atoms with van der Waals surface area (Å²) in [5, 5.41) is 2.34. The molecule has 12 aromatic rings. The van der Waals surface area contributed by atoms with Crippen molar-refractivity contribution >= 4 is 38.9 Å². The van der Waals surface area contributed by atoms with Crippen LogP contribution in [-0.2, 0) is 10.8 Å². The molecule has 0 amide bonds. The first-order valence-electron chi connectivity index (χ1n) is 27.3. The van der Waals surface area contributed by atoms with Crippen LogP contribution in [0.3, 0.4) is 0 Å². The third-order valence-corrected chi connectivity index (χ3v) is 15.6. The summed E-state index contributed by atoms with van der Waals surface area (Å²) in [6.07, 6.45) is 0. The van der Waals surface area contributed by atoms with Crippen molar-refractivity contribution in [3.05, 3.63) is 300 Å². The van der Waals surface area contributed by atoms with Gasteiger partial charge in [-0.3, -0.25) is 0 Å². The maximum Gasteiger partial charge on any atom is 0.0713 e. The zero-order chi connectivity index (χ0) is 52.3. The van der Waals surface area contributed by atoms with E-state index < -0.39 is 11.5 Å². The Bertz CT molecular complexity index is 4280. The van der Waals surface area contributed by atoms with Crippen molar-refractivity contribution in [2.24, 2.45) is 0 Å². The van der Waals surface area contributed by atoms with E-state index in [1.54, 1.807) is 0 Å². The lowest BCUT2D eigenvalue weighted by Gasteiger charge is -2.34. The van der Waals surface area contributed by atoms with Crippen molar-refractivity contribution in [3.8, 4) is 50.2 Å². The van der Waals surface area contributed by atoms with E-state index in [9.17, 15) is 0 Å². The normalized spacial score (nSPS) is 14.6. The second-order valence-electron chi connectivity index (χ2n) is 19.7. The van der Waals surface area contributed by atoms with Gasteiger partial charge in [0.25, 0.3) is 0 Å². The maximum absolute atomic E-state index is 8.71. The number of aromatic nitrogens is 1. The molecule has 72 heavy (non-hydrogen) atoms. The second kappa shape index (κ2) is 16.3. The lowest BCUT2D eigenvalue weighted by atomic mass is 9.67. The average Bonchev–Trinajstić information content (AvgIpc) is 4.20. The van der Waals surface area contributed by atoms with Gasteiger partial charge in [-0.2, -0.15) is 0 Å². The molecule has 0 bridgehead atoms. The van der Waals surface area contributed by atoms with Crippen LogP contribution in [-0.4, -0.2) is 4.57 Å². The Labute approximate surface area is 428 Å². The Morgan fingerprint density at radius 3 is 1.49 bits per heavy atom. The minimum atomic E-state index is -0.540. The van der Waals surface area contributed by atoms with Gasteiger partial charge in [-0.1, -0.05) is 208 Å². The van der Waals surface area contributed by atoms with E-state index in [2.05, 4.69) is 236 Å². The highest BCUT2D eigenvalue weighted by molar-refractivity contribution is 6.11. The molecule has 2 aliphatic carbocycles. The monoisotopic (exact) mass is 923 g/mol. The van der Waals surface area contributed by atoms with Gasteiger partial charge in [0.05, 0.1) is 23.3 Å². The smallest absolute Gasteiger partial charge is 0.0713 e. The molecule has 2 nitrogen and oxygen atoms in total. The van der Waals surface area contributed by atoms with Gasteiger partial charge in [-0.15, -0.1) is 0 Å². The van der Waals surface area contributed by atoms with Crippen LogP contribution in [0.4, 0.5) is 17.1 Å². The van der Waals surface area contributed by atoms with Crippen molar-refractivity contribution < 1.29 is 6.85 Å². The van der Waals surface area contributed by atoms with Crippen LogP contribution < -0.4 is 4.90 Å². The van der Waals surface area contributed by atoms with Crippen molar-refractivity contribution in [2.45, 2.75) is 24.7 Å². The molecule has 0 saturated heterocycles. The zero-order valence-electron chi connectivity index (χ0n) is 44.9. The van der Waals surface area contributed by atoms with E-state index in [0.717, 1.165) is 50.3 Å². The Balaban J connectivity index is 0.919. The summed E-state index contributed by atoms with van der Waals surface area (Å²) in [5.74, 6) is 0. The summed E-state index contributed by atoms with van der Waals surface area (Å²) < 4.78 is 44.7. The molecule has 340 valence electrons. The molecule has 0 N–H and O–H groups in total. The fourth-order valence-corrected chi connectivity index (χ4v) is 12.3. The summed E-state index contributed by atoms with van der Waals surface area (Å²) >= 11 is 0. The molecule has 0 saturated carbocycles.